The number of carbonyl (C=O) groups excluding carboxylic acids is 2. The van der Waals surface area contributed by atoms with Crippen LogP contribution in [0.2, 0.25) is 0 Å². The van der Waals surface area contributed by atoms with Crippen molar-refractivity contribution in [3.8, 4) is 0 Å². The Morgan fingerprint density at radius 1 is 1.06 bits per heavy atom. The van der Waals surface area contributed by atoms with E-state index in [1.54, 1.807) is 23.1 Å². The molecule has 1 saturated carbocycles. The van der Waals surface area contributed by atoms with E-state index in [2.05, 4.69) is 10.2 Å². The number of rotatable bonds is 6. The lowest BCUT2D eigenvalue weighted by molar-refractivity contribution is -0.129. The summed E-state index contributed by atoms with van der Waals surface area (Å²) in [5.74, 6) is 1.15. The summed E-state index contributed by atoms with van der Waals surface area (Å²) in [5.41, 5.74) is 0.573. The third-order valence-corrected chi connectivity index (χ3v) is 8.67. The molecule has 2 atom stereocenters. The van der Waals surface area contributed by atoms with E-state index in [9.17, 15) is 9.59 Å². The molecular weight excluding hydrogens is 428 g/mol. The van der Waals surface area contributed by atoms with E-state index in [0.29, 0.717) is 23.4 Å². The van der Waals surface area contributed by atoms with Crippen LogP contribution in [-0.2, 0) is 4.79 Å². The van der Waals surface area contributed by atoms with Crippen LogP contribution in [0.1, 0.15) is 79.2 Å². The maximum Gasteiger partial charge on any atom is 0.271 e. The highest BCUT2D eigenvalue weighted by Crippen LogP contribution is 2.31. The van der Waals surface area contributed by atoms with E-state index in [-0.39, 0.29) is 17.9 Å². The topological polar surface area (TPSA) is 65.5 Å². The first-order valence-electron chi connectivity index (χ1n) is 11.9. The Labute approximate surface area is 194 Å². The first-order chi connectivity index (χ1) is 15.2. The van der Waals surface area contributed by atoms with Crippen molar-refractivity contribution in [3.63, 3.8) is 0 Å². The van der Waals surface area contributed by atoms with Crippen molar-refractivity contribution >= 4 is 34.9 Å². The highest BCUT2D eigenvalue weighted by atomic mass is 32.2. The number of thiazole rings is 1. The van der Waals surface area contributed by atoms with Gasteiger partial charge in [0.05, 0.1) is 10.8 Å². The molecule has 8 heteroatoms. The van der Waals surface area contributed by atoms with Crippen molar-refractivity contribution in [3.05, 3.63) is 16.1 Å². The Bertz CT molecular complexity index is 742. The lowest BCUT2D eigenvalue weighted by atomic mass is 9.88. The molecule has 6 nitrogen and oxygen atoms in total. The second-order valence-corrected chi connectivity index (χ2v) is 10.9. The molecule has 1 N–H and O–H groups in total. The fourth-order valence-electron chi connectivity index (χ4n) is 5.38. The summed E-state index contributed by atoms with van der Waals surface area (Å²) in [4.78, 5) is 34.4. The number of piperidine rings is 2. The lowest BCUT2D eigenvalue weighted by Gasteiger charge is -2.42. The molecule has 0 spiro atoms. The van der Waals surface area contributed by atoms with Gasteiger partial charge < -0.3 is 10.2 Å². The summed E-state index contributed by atoms with van der Waals surface area (Å²) in [5, 5.41) is 6.32. The molecule has 1 aromatic rings. The average molecular weight is 465 g/mol. The normalized spacial score (nSPS) is 26.0. The highest BCUT2D eigenvalue weighted by molar-refractivity contribution is 7.99. The van der Waals surface area contributed by atoms with Gasteiger partial charge in [0.2, 0.25) is 5.91 Å². The minimum Gasteiger partial charge on any atom is -0.346 e. The summed E-state index contributed by atoms with van der Waals surface area (Å²) in [6.45, 7) is 3.95. The molecule has 1 aromatic heterocycles. The van der Waals surface area contributed by atoms with Crippen molar-refractivity contribution in [1.29, 1.82) is 0 Å². The zero-order valence-corrected chi connectivity index (χ0v) is 20.3. The van der Waals surface area contributed by atoms with Crippen molar-refractivity contribution < 1.29 is 9.59 Å². The van der Waals surface area contributed by atoms with Crippen LogP contribution in [0.4, 0.5) is 0 Å². The first kappa shape index (κ1) is 23.1. The molecule has 0 aromatic carbocycles. The fourth-order valence-corrected chi connectivity index (χ4v) is 6.78. The average Bonchev–Trinajstić information content (AvgIpc) is 3.31. The second-order valence-electron chi connectivity index (χ2n) is 9.19. The van der Waals surface area contributed by atoms with Gasteiger partial charge in [0.15, 0.2) is 0 Å². The molecule has 31 heavy (non-hydrogen) atoms. The number of thioether (sulfide) groups is 1. The van der Waals surface area contributed by atoms with Crippen LogP contribution in [0.25, 0.3) is 0 Å². The van der Waals surface area contributed by atoms with Crippen molar-refractivity contribution in [2.45, 2.75) is 75.8 Å². The van der Waals surface area contributed by atoms with Crippen molar-refractivity contribution in [2.24, 2.45) is 0 Å². The van der Waals surface area contributed by atoms with E-state index < -0.39 is 0 Å². The van der Waals surface area contributed by atoms with Crippen LogP contribution in [0, 0.1) is 0 Å². The third kappa shape index (κ3) is 5.82. The molecule has 1 aliphatic carbocycles. The fraction of sp³-hybridized carbons (Fsp3) is 0.783. The van der Waals surface area contributed by atoms with Gasteiger partial charge in [-0.3, -0.25) is 14.5 Å². The van der Waals surface area contributed by atoms with Crippen LogP contribution in [0.5, 0.6) is 0 Å². The maximum absolute atomic E-state index is 13.0. The molecule has 172 valence electrons. The summed E-state index contributed by atoms with van der Waals surface area (Å²) in [7, 11) is 0. The standard InChI is InChI=1S/C23H36N4O2S2/c1-30-16-21(28)27-13-9-17(10-14-27)23-25-19(15-31-23)22(29)24-18-7-3-4-8-20(18)26-11-5-2-6-12-26/h15,17-18,20H,2-14,16H2,1H3,(H,24,29). The number of aromatic nitrogens is 1. The van der Waals surface area contributed by atoms with E-state index in [1.165, 1.54) is 51.6 Å². The molecule has 4 rings (SSSR count). The van der Waals surface area contributed by atoms with Gasteiger partial charge in [0.1, 0.15) is 5.69 Å². The maximum atomic E-state index is 13.0. The van der Waals surface area contributed by atoms with Gasteiger partial charge in [0.25, 0.3) is 5.91 Å². The Hall–Kier alpha value is -1.12. The largest absolute Gasteiger partial charge is 0.346 e. The van der Waals surface area contributed by atoms with Gasteiger partial charge in [-0.25, -0.2) is 4.98 Å². The van der Waals surface area contributed by atoms with Crippen LogP contribution in [0.15, 0.2) is 5.38 Å². The molecule has 0 bridgehead atoms. The van der Waals surface area contributed by atoms with Crippen LogP contribution in [-0.4, -0.2) is 76.9 Å². The van der Waals surface area contributed by atoms with Crippen LogP contribution in [0.3, 0.4) is 0 Å². The second kappa shape index (κ2) is 11.1. The molecule has 2 aliphatic heterocycles. The van der Waals surface area contributed by atoms with E-state index in [1.807, 2.05) is 16.5 Å². The van der Waals surface area contributed by atoms with Crippen LogP contribution >= 0.6 is 23.1 Å². The minimum absolute atomic E-state index is 0.0102. The Morgan fingerprint density at radius 3 is 2.55 bits per heavy atom. The zero-order chi connectivity index (χ0) is 21.6. The summed E-state index contributed by atoms with van der Waals surface area (Å²) < 4.78 is 0. The number of likely N-dealkylation sites (tertiary alicyclic amines) is 2. The van der Waals surface area contributed by atoms with E-state index >= 15 is 0 Å². The van der Waals surface area contributed by atoms with E-state index in [4.69, 9.17) is 4.98 Å². The number of hydrogen-bond acceptors (Lipinski definition) is 6. The van der Waals surface area contributed by atoms with Gasteiger partial charge >= 0.3 is 0 Å². The van der Waals surface area contributed by atoms with Crippen molar-refractivity contribution in [2.75, 3.05) is 38.2 Å². The van der Waals surface area contributed by atoms with Gasteiger partial charge in [-0.1, -0.05) is 19.3 Å². The van der Waals surface area contributed by atoms with Crippen LogP contribution < -0.4 is 5.32 Å². The molecule has 3 heterocycles. The number of hydrogen-bond donors (Lipinski definition) is 1. The Morgan fingerprint density at radius 2 is 1.81 bits per heavy atom. The molecule has 2 unspecified atom stereocenters. The molecule has 3 aliphatic rings. The quantitative estimate of drug-likeness (QED) is 0.695. The smallest absolute Gasteiger partial charge is 0.271 e. The number of carbonyl (C=O) groups is 2. The van der Waals surface area contributed by atoms with Crippen molar-refractivity contribution in [1.82, 2.24) is 20.1 Å². The monoisotopic (exact) mass is 464 g/mol. The summed E-state index contributed by atoms with van der Waals surface area (Å²) >= 11 is 3.19. The highest BCUT2D eigenvalue weighted by Gasteiger charge is 2.33. The number of nitrogens with one attached hydrogen (secondary N) is 1. The van der Waals surface area contributed by atoms with Gasteiger partial charge in [-0.15, -0.1) is 11.3 Å². The summed E-state index contributed by atoms with van der Waals surface area (Å²) in [6, 6.07) is 0.731. The number of nitrogens with zero attached hydrogens (tertiary/aromatic N) is 3. The molecular formula is C23H36N4O2S2. The Balaban J connectivity index is 1.32. The SMILES string of the molecule is CSCC(=O)N1CCC(c2nc(C(=O)NC3CCCCC3N3CCCCC3)cs2)CC1. The predicted molar refractivity (Wildman–Crippen MR) is 128 cm³/mol. The third-order valence-electron chi connectivity index (χ3n) is 7.12. The molecule has 3 fully saturated rings. The molecule has 0 radical (unpaired) electrons. The number of amides is 2. The van der Waals surface area contributed by atoms with E-state index in [0.717, 1.165) is 37.4 Å². The molecule has 2 saturated heterocycles. The lowest BCUT2D eigenvalue weighted by Crippen LogP contribution is -2.54. The first-order valence-corrected chi connectivity index (χ1v) is 14.2. The van der Waals surface area contributed by atoms with Gasteiger partial charge in [0, 0.05) is 36.5 Å². The zero-order valence-electron chi connectivity index (χ0n) is 18.7. The predicted octanol–water partition coefficient (Wildman–Crippen LogP) is 3.74. The molecule has 2 amide bonds. The van der Waals surface area contributed by atoms with Gasteiger partial charge in [-0.2, -0.15) is 11.8 Å². The summed E-state index contributed by atoms with van der Waals surface area (Å²) in [6.07, 6.45) is 12.5. The van der Waals surface area contributed by atoms with Gasteiger partial charge in [-0.05, 0) is 57.9 Å². The minimum atomic E-state index is -0.0102. The Kier molecular flexibility index (Phi) is 8.29.